The highest BCUT2D eigenvalue weighted by Crippen LogP contribution is 2.19. The van der Waals surface area contributed by atoms with E-state index in [0.29, 0.717) is 12.1 Å². The third-order valence-corrected chi connectivity index (χ3v) is 3.13. The first kappa shape index (κ1) is 14.5. The molecule has 0 unspecified atom stereocenters. The van der Waals surface area contributed by atoms with Crippen LogP contribution in [0.5, 0.6) is 5.75 Å². The van der Waals surface area contributed by atoms with Gasteiger partial charge >= 0.3 is 0 Å². The lowest BCUT2D eigenvalue weighted by atomic mass is 10.1. The second kappa shape index (κ2) is 6.48. The highest BCUT2D eigenvalue weighted by atomic mass is 19.1. The Balaban J connectivity index is 2.02. The van der Waals surface area contributed by atoms with Gasteiger partial charge in [-0.05, 0) is 42.3 Å². The Bertz CT molecular complexity index is 566. The number of halogens is 2. The predicted molar refractivity (Wildman–Crippen MR) is 74.6 cm³/mol. The summed E-state index contributed by atoms with van der Waals surface area (Å²) in [4.78, 5) is 0. The number of nitrogens with one attached hydrogen (secondary N) is 1. The highest BCUT2D eigenvalue weighted by Gasteiger charge is 2.07. The molecule has 0 saturated heterocycles. The van der Waals surface area contributed by atoms with E-state index in [1.807, 2.05) is 31.2 Å². The molecule has 2 aromatic carbocycles. The van der Waals surface area contributed by atoms with Gasteiger partial charge in [-0.3, -0.25) is 0 Å². The lowest BCUT2D eigenvalue weighted by Crippen LogP contribution is -2.18. The average molecular weight is 277 g/mol. The summed E-state index contributed by atoms with van der Waals surface area (Å²) in [6.45, 7) is 2.39. The van der Waals surface area contributed by atoms with Crippen molar-refractivity contribution in [3.05, 3.63) is 65.2 Å². The first-order valence-electron chi connectivity index (χ1n) is 6.41. The summed E-state index contributed by atoms with van der Waals surface area (Å²) in [6.07, 6.45) is 0. The fourth-order valence-corrected chi connectivity index (χ4v) is 2.01. The van der Waals surface area contributed by atoms with Crippen LogP contribution in [0, 0.1) is 11.6 Å². The zero-order valence-corrected chi connectivity index (χ0v) is 11.5. The quantitative estimate of drug-likeness (QED) is 0.897. The molecule has 0 aliphatic heterocycles. The van der Waals surface area contributed by atoms with E-state index in [1.165, 1.54) is 12.1 Å². The molecular weight excluding hydrogens is 260 g/mol. The summed E-state index contributed by atoms with van der Waals surface area (Å²) >= 11 is 0. The van der Waals surface area contributed by atoms with Crippen LogP contribution in [-0.4, -0.2) is 7.11 Å². The number of ether oxygens (including phenoxy) is 1. The molecule has 0 aromatic heterocycles. The van der Waals surface area contributed by atoms with Crippen LogP contribution in [-0.2, 0) is 6.54 Å². The normalized spacial score (nSPS) is 12.2. The van der Waals surface area contributed by atoms with Crippen molar-refractivity contribution in [3.63, 3.8) is 0 Å². The molecule has 1 atom stereocenters. The van der Waals surface area contributed by atoms with Crippen LogP contribution >= 0.6 is 0 Å². The van der Waals surface area contributed by atoms with Gasteiger partial charge in [-0.25, -0.2) is 8.78 Å². The first-order chi connectivity index (χ1) is 9.58. The van der Waals surface area contributed by atoms with E-state index in [-0.39, 0.29) is 6.04 Å². The van der Waals surface area contributed by atoms with Crippen molar-refractivity contribution in [2.24, 2.45) is 0 Å². The highest BCUT2D eigenvalue weighted by molar-refractivity contribution is 5.30. The SMILES string of the molecule is COc1cccc([C@H](C)NCc2cc(F)cc(F)c2)c1. The Kier molecular flexibility index (Phi) is 4.69. The summed E-state index contributed by atoms with van der Waals surface area (Å²) in [5.41, 5.74) is 1.64. The van der Waals surface area contributed by atoms with Crippen molar-refractivity contribution in [1.82, 2.24) is 5.32 Å². The van der Waals surface area contributed by atoms with E-state index in [4.69, 9.17) is 4.74 Å². The average Bonchev–Trinajstić information content (AvgIpc) is 2.44. The van der Waals surface area contributed by atoms with E-state index in [1.54, 1.807) is 7.11 Å². The van der Waals surface area contributed by atoms with Gasteiger partial charge in [0, 0.05) is 18.7 Å². The Hall–Kier alpha value is -1.94. The van der Waals surface area contributed by atoms with E-state index in [2.05, 4.69) is 5.32 Å². The Morgan fingerprint density at radius 2 is 1.80 bits per heavy atom. The summed E-state index contributed by atoms with van der Waals surface area (Å²) in [5, 5.41) is 3.23. The Labute approximate surface area is 117 Å². The van der Waals surface area contributed by atoms with Gasteiger partial charge in [0.1, 0.15) is 17.4 Å². The maximum atomic E-state index is 13.1. The molecule has 0 saturated carbocycles. The van der Waals surface area contributed by atoms with E-state index in [9.17, 15) is 8.78 Å². The van der Waals surface area contributed by atoms with Crippen molar-refractivity contribution in [2.45, 2.75) is 19.5 Å². The van der Waals surface area contributed by atoms with E-state index >= 15 is 0 Å². The van der Waals surface area contributed by atoms with Crippen molar-refractivity contribution in [3.8, 4) is 5.75 Å². The van der Waals surface area contributed by atoms with E-state index in [0.717, 1.165) is 17.4 Å². The van der Waals surface area contributed by atoms with Gasteiger partial charge in [-0.1, -0.05) is 12.1 Å². The number of rotatable bonds is 5. The topological polar surface area (TPSA) is 21.3 Å². The van der Waals surface area contributed by atoms with Crippen molar-refractivity contribution in [2.75, 3.05) is 7.11 Å². The lowest BCUT2D eigenvalue weighted by molar-refractivity contribution is 0.413. The molecule has 0 radical (unpaired) electrons. The van der Waals surface area contributed by atoms with Crippen LogP contribution in [0.2, 0.25) is 0 Å². The van der Waals surface area contributed by atoms with Crippen LogP contribution in [0.3, 0.4) is 0 Å². The standard InChI is InChI=1S/C16H17F2NO/c1-11(13-4-3-5-16(8-13)20-2)19-10-12-6-14(17)9-15(18)7-12/h3-9,11,19H,10H2,1-2H3/t11-/m0/s1. The van der Waals surface area contributed by atoms with Crippen LogP contribution in [0.15, 0.2) is 42.5 Å². The van der Waals surface area contributed by atoms with Crippen molar-refractivity contribution < 1.29 is 13.5 Å². The van der Waals surface area contributed by atoms with Gasteiger partial charge in [0.25, 0.3) is 0 Å². The molecule has 0 aliphatic rings. The molecule has 0 fully saturated rings. The summed E-state index contributed by atoms with van der Waals surface area (Å²) in [6, 6.07) is 11.3. The minimum Gasteiger partial charge on any atom is -0.497 e. The molecule has 0 heterocycles. The van der Waals surface area contributed by atoms with Gasteiger partial charge < -0.3 is 10.1 Å². The molecule has 0 spiro atoms. The third kappa shape index (κ3) is 3.78. The molecule has 2 aromatic rings. The van der Waals surface area contributed by atoms with Gasteiger partial charge in [0.05, 0.1) is 7.11 Å². The molecule has 106 valence electrons. The molecule has 2 nitrogen and oxygen atoms in total. The van der Waals surface area contributed by atoms with Crippen LogP contribution in [0.1, 0.15) is 24.1 Å². The molecule has 4 heteroatoms. The molecule has 0 bridgehead atoms. The number of methoxy groups -OCH3 is 1. The second-order valence-corrected chi connectivity index (χ2v) is 4.66. The Morgan fingerprint density at radius 1 is 1.10 bits per heavy atom. The third-order valence-electron chi connectivity index (χ3n) is 3.13. The predicted octanol–water partition coefficient (Wildman–Crippen LogP) is 3.82. The molecule has 1 N–H and O–H groups in total. The lowest BCUT2D eigenvalue weighted by Gasteiger charge is -2.15. The van der Waals surface area contributed by atoms with Gasteiger partial charge in [-0.15, -0.1) is 0 Å². The van der Waals surface area contributed by atoms with Crippen LogP contribution in [0.25, 0.3) is 0 Å². The maximum Gasteiger partial charge on any atom is 0.126 e. The van der Waals surface area contributed by atoms with Crippen molar-refractivity contribution >= 4 is 0 Å². The Morgan fingerprint density at radius 3 is 2.45 bits per heavy atom. The van der Waals surface area contributed by atoms with Crippen LogP contribution < -0.4 is 10.1 Å². The number of benzene rings is 2. The minimum absolute atomic E-state index is 0.0522. The van der Waals surface area contributed by atoms with Crippen LogP contribution in [0.4, 0.5) is 8.78 Å². The smallest absolute Gasteiger partial charge is 0.126 e. The largest absolute Gasteiger partial charge is 0.497 e. The van der Waals surface area contributed by atoms with Crippen molar-refractivity contribution in [1.29, 1.82) is 0 Å². The zero-order chi connectivity index (χ0) is 14.5. The molecular formula is C16H17F2NO. The molecule has 0 aliphatic carbocycles. The van der Waals surface area contributed by atoms with Gasteiger partial charge in [0.2, 0.25) is 0 Å². The molecule has 0 amide bonds. The summed E-state index contributed by atoms with van der Waals surface area (Å²) in [5.74, 6) is -0.334. The zero-order valence-electron chi connectivity index (χ0n) is 11.5. The fraction of sp³-hybridized carbons (Fsp3) is 0.250. The number of hydrogen-bond donors (Lipinski definition) is 1. The van der Waals surface area contributed by atoms with Gasteiger partial charge in [0.15, 0.2) is 0 Å². The molecule has 20 heavy (non-hydrogen) atoms. The monoisotopic (exact) mass is 277 g/mol. The maximum absolute atomic E-state index is 13.1. The fourth-order valence-electron chi connectivity index (χ4n) is 2.01. The minimum atomic E-state index is -0.559. The second-order valence-electron chi connectivity index (χ2n) is 4.66. The van der Waals surface area contributed by atoms with Gasteiger partial charge in [-0.2, -0.15) is 0 Å². The number of hydrogen-bond acceptors (Lipinski definition) is 2. The first-order valence-corrected chi connectivity index (χ1v) is 6.41. The van der Waals surface area contributed by atoms with E-state index < -0.39 is 11.6 Å². The summed E-state index contributed by atoms with van der Waals surface area (Å²) in [7, 11) is 1.62. The molecule has 2 rings (SSSR count). The summed E-state index contributed by atoms with van der Waals surface area (Å²) < 4.78 is 31.4.